The first-order chi connectivity index (χ1) is 10.2. The molecule has 0 aliphatic carbocycles. The summed E-state index contributed by atoms with van der Waals surface area (Å²) in [7, 11) is 1.68. The first-order valence-corrected chi connectivity index (χ1v) is 7.80. The van der Waals surface area contributed by atoms with Gasteiger partial charge in [0.2, 0.25) is 0 Å². The molecule has 4 nitrogen and oxygen atoms in total. The van der Waals surface area contributed by atoms with Crippen molar-refractivity contribution in [3.63, 3.8) is 0 Å². The van der Waals surface area contributed by atoms with Crippen LogP contribution in [0.3, 0.4) is 0 Å². The van der Waals surface area contributed by atoms with Gasteiger partial charge in [0.1, 0.15) is 5.75 Å². The molecule has 0 unspecified atom stereocenters. The maximum atomic E-state index is 10.7. The van der Waals surface area contributed by atoms with Gasteiger partial charge in [-0.3, -0.25) is 9.69 Å². The van der Waals surface area contributed by atoms with E-state index in [2.05, 4.69) is 17.0 Å². The summed E-state index contributed by atoms with van der Waals surface area (Å²) in [5, 5.41) is 8.81. The minimum absolute atomic E-state index is 0.256. The van der Waals surface area contributed by atoms with Gasteiger partial charge in [-0.2, -0.15) is 0 Å². The van der Waals surface area contributed by atoms with E-state index in [0.29, 0.717) is 6.04 Å². The lowest BCUT2D eigenvalue weighted by Crippen LogP contribution is -2.30. The third-order valence-corrected chi connectivity index (χ3v) is 4.20. The van der Waals surface area contributed by atoms with Crippen molar-refractivity contribution in [2.45, 2.75) is 44.6 Å². The zero-order valence-corrected chi connectivity index (χ0v) is 12.8. The van der Waals surface area contributed by atoms with Crippen LogP contribution in [0.15, 0.2) is 24.3 Å². The number of aliphatic carboxylic acids is 1. The standard InChI is InChI=1S/C17H25NO3/c1-21-15-10-8-14(9-11-15)16-6-3-2-4-12-18(16)13-5-7-17(19)20/h8-11,16H,2-7,12-13H2,1H3,(H,19,20)/t16-/m0/s1. The Labute approximate surface area is 126 Å². The molecule has 1 aliphatic heterocycles. The molecule has 116 valence electrons. The van der Waals surface area contributed by atoms with E-state index in [9.17, 15) is 4.79 Å². The summed E-state index contributed by atoms with van der Waals surface area (Å²) >= 11 is 0. The minimum atomic E-state index is -0.703. The number of rotatable bonds is 6. The van der Waals surface area contributed by atoms with E-state index in [-0.39, 0.29) is 6.42 Å². The molecular formula is C17H25NO3. The average Bonchev–Trinajstić information content (AvgIpc) is 2.72. The molecule has 1 N–H and O–H groups in total. The number of hydrogen-bond donors (Lipinski definition) is 1. The highest BCUT2D eigenvalue weighted by Gasteiger charge is 2.22. The van der Waals surface area contributed by atoms with E-state index >= 15 is 0 Å². The molecule has 0 spiro atoms. The van der Waals surface area contributed by atoms with Crippen LogP contribution in [-0.4, -0.2) is 36.2 Å². The second-order valence-electron chi connectivity index (χ2n) is 5.67. The van der Waals surface area contributed by atoms with Crippen LogP contribution in [0.4, 0.5) is 0 Å². The maximum Gasteiger partial charge on any atom is 0.303 e. The van der Waals surface area contributed by atoms with Gasteiger partial charge in [-0.05, 0) is 50.0 Å². The highest BCUT2D eigenvalue weighted by Crippen LogP contribution is 2.31. The van der Waals surface area contributed by atoms with Crippen LogP contribution in [0, 0.1) is 0 Å². The molecule has 1 fully saturated rings. The van der Waals surface area contributed by atoms with Gasteiger partial charge in [0, 0.05) is 12.5 Å². The molecule has 0 radical (unpaired) electrons. The fraction of sp³-hybridized carbons (Fsp3) is 0.588. The molecule has 0 saturated carbocycles. The number of ether oxygens (including phenoxy) is 1. The Hall–Kier alpha value is -1.55. The van der Waals surface area contributed by atoms with Gasteiger partial charge in [-0.1, -0.05) is 25.0 Å². The SMILES string of the molecule is COc1ccc([C@@H]2CCCCCN2CCCC(=O)O)cc1. The lowest BCUT2D eigenvalue weighted by molar-refractivity contribution is -0.137. The van der Waals surface area contributed by atoms with E-state index in [1.54, 1.807) is 7.11 Å². The predicted molar refractivity (Wildman–Crippen MR) is 82.6 cm³/mol. The Bertz CT molecular complexity index is 444. The van der Waals surface area contributed by atoms with Crippen molar-refractivity contribution in [2.24, 2.45) is 0 Å². The van der Waals surface area contributed by atoms with E-state index in [1.807, 2.05) is 12.1 Å². The van der Waals surface area contributed by atoms with Crippen molar-refractivity contribution in [3.05, 3.63) is 29.8 Å². The van der Waals surface area contributed by atoms with Crippen molar-refractivity contribution in [1.82, 2.24) is 4.90 Å². The molecule has 4 heteroatoms. The molecular weight excluding hydrogens is 266 g/mol. The number of benzene rings is 1. The minimum Gasteiger partial charge on any atom is -0.497 e. The zero-order chi connectivity index (χ0) is 15.1. The van der Waals surface area contributed by atoms with Crippen LogP contribution in [-0.2, 0) is 4.79 Å². The Morgan fingerprint density at radius 3 is 2.71 bits per heavy atom. The second-order valence-corrected chi connectivity index (χ2v) is 5.67. The fourth-order valence-electron chi connectivity index (χ4n) is 3.07. The summed E-state index contributed by atoms with van der Waals surface area (Å²) in [6, 6.07) is 8.70. The third-order valence-electron chi connectivity index (χ3n) is 4.20. The predicted octanol–water partition coefficient (Wildman–Crippen LogP) is 3.48. The number of methoxy groups -OCH3 is 1. The van der Waals surface area contributed by atoms with E-state index in [1.165, 1.54) is 24.8 Å². The van der Waals surface area contributed by atoms with Gasteiger partial charge in [-0.15, -0.1) is 0 Å². The molecule has 1 aliphatic rings. The zero-order valence-electron chi connectivity index (χ0n) is 12.8. The van der Waals surface area contributed by atoms with Crippen LogP contribution in [0.5, 0.6) is 5.75 Å². The fourth-order valence-corrected chi connectivity index (χ4v) is 3.07. The van der Waals surface area contributed by atoms with Crippen molar-refractivity contribution in [3.8, 4) is 5.75 Å². The van der Waals surface area contributed by atoms with Crippen molar-refractivity contribution < 1.29 is 14.6 Å². The summed E-state index contributed by atoms with van der Waals surface area (Å²) in [4.78, 5) is 13.2. The Morgan fingerprint density at radius 1 is 1.29 bits per heavy atom. The summed E-state index contributed by atoms with van der Waals surface area (Å²) in [5.41, 5.74) is 1.31. The first-order valence-electron chi connectivity index (χ1n) is 7.80. The Balaban J connectivity index is 2.04. The van der Waals surface area contributed by atoms with Crippen LogP contribution >= 0.6 is 0 Å². The van der Waals surface area contributed by atoms with Crippen LogP contribution in [0.1, 0.15) is 50.1 Å². The van der Waals surface area contributed by atoms with Crippen LogP contribution in [0.2, 0.25) is 0 Å². The quantitative estimate of drug-likeness (QED) is 0.872. The third kappa shape index (κ3) is 4.74. The smallest absolute Gasteiger partial charge is 0.303 e. The van der Waals surface area contributed by atoms with Gasteiger partial charge >= 0.3 is 5.97 Å². The van der Waals surface area contributed by atoms with Gasteiger partial charge < -0.3 is 9.84 Å². The molecule has 0 amide bonds. The van der Waals surface area contributed by atoms with E-state index in [4.69, 9.17) is 9.84 Å². The summed E-state index contributed by atoms with van der Waals surface area (Å²) in [6.45, 7) is 1.93. The Morgan fingerprint density at radius 2 is 2.05 bits per heavy atom. The van der Waals surface area contributed by atoms with Crippen LogP contribution in [0.25, 0.3) is 0 Å². The number of carbonyl (C=O) groups is 1. The lowest BCUT2D eigenvalue weighted by atomic mass is 10.0. The highest BCUT2D eigenvalue weighted by atomic mass is 16.5. The average molecular weight is 291 g/mol. The molecule has 1 aromatic rings. The van der Waals surface area contributed by atoms with Gasteiger partial charge in [0.05, 0.1) is 7.11 Å². The molecule has 2 rings (SSSR count). The largest absolute Gasteiger partial charge is 0.497 e. The van der Waals surface area contributed by atoms with Crippen LogP contribution < -0.4 is 4.74 Å². The molecule has 1 heterocycles. The lowest BCUT2D eigenvalue weighted by Gasteiger charge is -2.30. The summed E-state index contributed by atoms with van der Waals surface area (Å²) in [5.74, 6) is 0.176. The number of likely N-dealkylation sites (tertiary alicyclic amines) is 1. The van der Waals surface area contributed by atoms with Gasteiger partial charge in [0.15, 0.2) is 0 Å². The first kappa shape index (κ1) is 15.8. The maximum absolute atomic E-state index is 10.7. The van der Waals surface area contributed by atoms with Gasteiger partial charge in [0.25, 0.3) is 0 Å². The second kappa shape index (κ2) is 8.03. The van der Waals surface area contributed by atoms with Crippen molar-refractivity contribution in [2.75, 3.05) is 20.2 Å². The number of carboxylic acid groups (broad SMARTS) is 1. The Kier molecular flexibility index (Phi) is 6.05. The number of carboxylic acids is 1. The van der Waals surface area contributed by atoms with E-state index in [0.717, 1.165) is 31.7 Å². The van der Waals surface area contributed by atoms with E-state index < -0.39 is 5.97 Å². The summed E-state index contributed by atoms with van der Waals surface area (Å²) < 4.78 is 5.22. The normalized spacial score (nSPS) is 20.0. The molecule has 1 atom stereocenters. The topological polar surface area (TPSA) is 49.8 Å². The molecule has 0 bridgehead atoms. The summed E-state index contributed by atoms with van der Waals surface area (Å²) in [6.07, 6.45) is 5.85. The molecule has 1 saturated heterocycles. The van der Waals surface area contributed by atoms with Gasteiger partial charge in [-0.25, -0.2) is 0 Å². The van der Waals surface area contributed by atoms with Crippen molar-refractivity contribution in [1.29, 1.82) is 0 Å². The monoisotopic (exact) mass is 291 g/mol. The highest BCUT2D eigenvalue weighted by molar-refractivity contribution is 5.66. The molecule has 1 aromatic carbocycles. The number of hydrogen-bond acceptors (Lipinski definition) is 3. The number of nitrogens with zero attached hydrogens (tertiary/aromatic N) is 1. The molecule has 0 aromatic heterocycles. The molecule has 21 heavy (non-hydrogen) atoms. The van der Waals surface area contributed by atoms with Crippen molar-refractivity contribution >= 4 is 5.97 Å².